The van der Waals surface area contributed by atoms with Gasteiger partial charge in [-0.25, -0.2) is 15.0 Å². The van der Waals surface area contributed by atoms with Crippen LogP contribution in [-0.2, 0) is 5.41 Å². The second kappa shape index (κ2) is 11.8. The molecule has 4 heteroatoms. The largest absolute Gasteiger partial charge is 0.299 e. The summed E-state index contributed by atoms with van der Waals surface area (Å²) in [6.07, 6.45) is 2.10. The summed E-state index contributed by atoms with van der Waals surface area (Å²) in [6.45, 7) is 0. The van der Waals surface area contributed by atoms with Crippen LogP contribution in [0.5, 0.6) is 0 Å². The summed E-state index contributed by atoms with van der Waals surface area (Å²) in [5.41, 5.74) is 18.7. The van der Waals surface area contributed by atoms with Gasteiger partial charge < -0.3 is 0 Å². The van der Waals surface area contributed by atoms with Gasteiger partial charge in [0.1, 0.15) is 5.65 Å². The maximum Gasteiger partial charge on any atom is 0.160 e. The Bertz CT molecular complexity index is 3150. The highest BCUT2D eigenvalue weighted by Gasteiger charge is 2.51. The fraction of sp³-hybridized carbons (Fsp3) is 0.0192. The minimum Gasteiger partial charge on any atom is -0.299 e. The van der Waals surface area contributed by atoms with Gasteiger partial charge in [0.2, 0.25) is 0 Å². The molecule has 3 aromatic heterocycles. The number of imidazole rings is 1. The Morgan fingerprint density at radius 2 is 0.946 bits per heavy atom. The smallest absolute Gasteiger partial charge is 0.160 e. The van der Waals surface area contributed by atoms with Crippen LogP contribution in [-0.4, -0.2) is 19.4 Å². The van der Waals surface area contributed by atoms with Gasteiger partial charge in [0, 0.05) is 33.8 Å². The monoisotopic (exact) mass is 712 g/mol. The van der Waals surface area contributed by atoms with Gasteiger partial charge in [-0.15, -0.1) is 0 Å². The lowest BCUT2D eigenvalue weighted by molar-refractivity contribution is 0.794. The van der Waals surface area contributed by atoms with E-state index >= 15 is 0 Å². The van der Waals surface area contributed by atoms with Crippen LogP contribution >= 0.6 is 0 Å². The van der Waals surface area contributed by atoms with Crippen LogP contribution in [0.25, 0.3) is 84.0 Å². The van der Waals surface area contributed by atoms with Gasteiger partial charge in [0.25, 0.3) is 0 Å². The Kier molecular flexibility index (Phi) is 6.52. The maximum atomic E-state index is 5.53. The first-order valence-electron chi connectivity index (χ1n) is 19.1. The number of benzene rings is 7. The quantitative estimate of drug-likeness (QED) is 0.182. The third-order valence-electron chi connectivity index (χ3n) is 11.9. The summed E-state index contributed by atoms with van der Waals surface area (Å²) in [7, 11) is 0. The highest BCUT2D eigenvalue weighted by Crippen LogP contribution is 2.63. The van der Waals surface area contributed by atoms with Gasteiger partial charge in [0.15, 0.2) is 5.82 Å². The van der Waals surface area contributed by atoms with Crippen molar-refractivity contribution in [3.63, 3.8) is 0 Å². The fourth-order valence-corrected chi connectivity index (χ4v) is 9.59. The van der Waals surface area contributed by atoms with E-state index in [9.17, 15) is 0 Å². The molecule has 0 aliphatic heterocycles. The number of pyridine rings is 1. The van der Waals surface area contributed by atoms with Crippen molar-refractivity contribution in [3.8, 4) is 67.4 Å². The molecule has 2 aliphatic carbocycles. The molecular formula is C52H32N4. The van der Waals surface area contributed by atoms with Gasteiger partial charge in [-0.3, -0.25) is 4.40 Å². The summed E-state index contributed by atoms with van der Waals surface area (Å²) in [6, 6.07) is 67.2. The van der Waals surface area contributed by atoms with E-state index in [0.29, 0.717) is 5.82 Å². The topological polar surface area (TPSA) is 43.1 Å². The molecule has 0 radical (unpaired) electrons. The summed E-state index contributed by atoms with van der Waals surface area (Å²) < 4.78 is 2.19. The lowest BCUT2D eigenvalue weighted by Gasteiger charge is -2.30. The number of aromatic nitrogens is 4. The molecule has 0 amide bonds. The zero-order valence-electron chi connectivity index (χ0n) is 30.3. The molecule has 0 saturated heterocycles. The molecule has 0 unspecified atom stereocenters. The van der Waals surface area contributed by atoms with E-state index in [0.717, 1.165) is 55.9 Å². The third kappa shape index (κ3) is 4.21. The predicted molar refractivity (Wildman–Crippen MR) is 226 cm³/mol. The molecule has 10 aromatic rings. The molecule has 7 aromatic carbocycles. The van der Waals surface area contributed by atoms with Crippen molar-refractivity contribution in [1.29, 1.82) is 0 Å². The van der Waals surface area contributed by atoms with Crippen molar-refractivity contribution in [2.75, 3.05) is 0 Å². The number of hydrogen-bond acceptors (Lipinski definition) is 3. The first-order chi connectivity index (χ1) is 27.8. The van der Waals surface area contributed by atoms with Gasteiger partial charge >= 0.3 is 0 Å². The molecular weight excluding hydrogens is 681 g/mol. The molecule has 12 rings (SSSR count). The fourth-order valence-electron chi connectivity index (χ4n) is 9.59. The van der Waals surface area contributed by atoms with Crippen LogP contribution in [0.15, 0.2) is 194 Å². The molecule has 3 heterocycles. The van der Waals surface area contributed by atoms with Crippen LogP contribution in [0, 0.1) is 0 Å². The molecule has 0 fully saturated rings. The lowest BCUT2D eigenvalue weighted by atomic mass is 9.70. The van der Waals surface area contributed by atoms with E-state index in [4.69, 9.17) is 15.0 Å². The van der Waals surface area contributed by atoms with Crippen molar-refractivity contribution >= 4 is 16.6 Å². The van der Waals surface area contributed by atoms with E-state index in [1.807, 2.05) is 12.1 Å². The summed E-state index contributed by atoms with van der Waals surface area (Å²) >= 11 is 0. The summed E-state index contributed by atoms with van der Waals surface area (Å²) in [5, 5.41) is 1.00. The minimum absolute atomic E-state index is 0.446. The number of hydrogen-bond donors (Lipinski definition) is 0. The van der Waals surface area contributed by atoms with Crippen molar-refractivity contribution in [2.24, 2.45) is 0 Å². The van der Waals surface area contributed by atoms with Crippen LogP contribution in [0.3, 0.4) is 0 Å². The molecule has 0 bridgehead atoms. The van der Waals surface area contributed by atoms with E-state index < -0.39 is 5.41 Å². The highest BCUT2D eigenvalue weighted by molar-refractivity contribution is 6.00. The Morgan fingerprint density at radius 3 is 1.66 bits per heavy atom. The molecule has 56 heavy (non-hydrogen) atoms. The maximum absolute atomic E-state index is 5.53. The first kappa shape index (κ1) is 31.0. The first-order valence-corrected chi connectivity index (χ1v) is 19.1. The SMILES string of the molecule is c1ccc(-c2nc3ccccn3c2-c2ccccc2-c2nc(-c3ccc4c(c3)C3(c5ccccc5-c5ccccc53)c3ccccc3-4)nc3ccccc23)cc1. The molecule has 2 aliphatic rings. The summed E-state index contributed by atoms with van der Waals surface area (Å²) in [4.78, 5) is 16.0. The van der Waals surface area contributed by atoms with Gasteiger partial charge in [-0.2, -0.15) is 0 Å². The Balaban J connectivity index is 1.11. The zero-order valence-corrected chi connectivity index (χ0v) is 30.3. The molecule has 0 atom stereocenters. The number of nitrogens with zero attached hydrogens (tertiary/aromatic N) is 4. The highest BCUT2D eigenvalue weighted by atomic mass is 15.0. The van der Waals surface area contributed by atoms with Crippen LogP contribution in [0.2, 0.25) is 0 Å². The number of fused-ring (bicyclic) bond motifs is 12. The molecule has 1 spiro atoms. The van der Waals surface area contributed by atoms with E-state index in [-0.39, 0.29) is 0 Å². The minimum atomic E-state index is -0.446. The van der Waals surface area contributed by atoms with Gasteiger partial charge in [-0.1, -0.05) is 164 Å². The zero-order chi connectivity index (χ0) is 36.8. The van der Waals surface area contributed by atoms with Crippen LogP contribution in [0.1, 0.15) is 22.3 Å². The lowest BCUT2D eigenvalue weighted by Crippen LogP contribution is -2.25. The standard InChI is InChI=1S/C52H32N4/c1-2-16-33(17-3-1)48-50(56-31-15-14-28-47(56)54-48)40-22-5-4-21-39(40)49-41-23-9-13-27-46(41)53-51(55-49)34-29-30-38-37-20-8-12-26-44(37)52(45(38)32-34)42-24-10-6-18-35(42)36-19-7-11-25-43(36)52/h1-32H. The van der Waals surface area contributed by atoms with Gasteiger partial charge in [0.05, 0.1) is 28.0 Å². The second-order valence-electron chi connectivity index (χ2n) is 14.7. The number of para-hydroxylation sites is 1. The number of rotatable bonds is 4. The Hall–Kier alpha value is -7.43. The second-order valence-corrected chi connectivity index (χ2v) is 14.7. The van der Waals surface area contributed by atoms with Crippen LogP contribution in [0.4, 0.5) is 0 Å². The normalized spacial score (nSPS) is 13.1. The van der Waals surface area contributed by atoms with E-state index in [2.05, 4.69) is 187 Å². The molecule has 0 N–H and O–H groups in total. The average molecular weight is 713 g/mol. The van der Waals surface area contributed by atoms with Crippen molar-refractivity contribution in [1.82, 2.24) is 19.4 Å². The Morgan fingerprint density at radius 1 is 0.375 bits per heavy atom. The van der Waals surface area contributed by atoms with Crippen LogP contribution < -0.4 is 0 Å². The summed E-state index contributed by atoms with van der Waals surface area (Å²) in [5.74, 6) is 0.698. The van der Waals surface area contributed by atoms with Crippen molar-refractivity contribution in [3.05, 3.63) is 217 Å². The van der Waals surface area contributed by atoms with E-state index in [1.165, 1.54) is 44.5 Å². The molecule has 260 valence electrons. The van der Waals surface area contributed by atoms with Crippen molar-refractivity contribution < 1.29 is 0 Å². The van der Waals surface area contributed by atoms with Gasteiger partial charge in [-0.05, 0) is 68.8 Å². The molecule has 4 nitrogen and oxygen atoms in total. The third-order valence-corrected chi connectivity index (χ3v) is 11.9. The van der Waals surface area contributed by atoms with Crippen molar-refractivity contribution in [2.45, 2.75) is 5.41 Å². The predicted octanol–water partition coefficient (Wildman–Crippen LogP) is 12.3. The van der Waals surface area contributed by atoms with E-state index in [1.54, 1.807) is 0 Å². The Labute approximate surface area is 324 Å². The average Bonchev–Trinajstić information content (AvgIpc) is 3.91. The molecule has 0 saturated carbocycles.